The summed E-state index contributed by atoms with van der Waals surface area (Å²) in [6.07, 6.45) is 1.07. The number of thiophene rings is 1. The molecule has 1 heterocycles. The molecule has 6 nitrogen and oxygen atoms in total. The molecule has 0 aliphatic rings. The lowest BCUT2D eigenvalue weighted by atomic mass is 10.0. The normalized spacial score (nSPS) is 11.5. The number of hydrogen-bond acceptors (Lipinski definition) is 4. The van der Waals surface area contributed by atoms with Gasteiger partial charge in [-0.05, 0) is 29.9 Å². The van der Waals surface area contributed by atoms with Crippen molar-refractivity contribution in [2.75, 3.05) is 6.54 Å². The fourth-order valence-electron chi connectivity index (χ4n) is 2.51. The van der Waals surface area contributed by atoms with E-state index in [1.165, 1.54) is 11.3 Å². The number of rotatable bonds is 10. The molecule has 0 spiro atoms. The third-order valence-corrected chi connectivity index (χ3v) is 4.50. The van der Waals surface area contributed by atoms with E-state index in [2.05, 4.69) is 10.6 Å². The second-order valence-electron chi connectivity index (χ2n) is 5.90. The third-order valence-electron chi connectivity index (χ3n) is 3.82. The Morgan fingerprint density at radius 2 is 1.85 bits per heavy atom. The number of carboxylic acids is 1. The van der Waals surface area contributed by atoms with Crippen molar-refractivity contribution < 1.29 is 19.5 Å². The van der Waals surface area contributed by atoms with Gasteiger partial charge in [-0.25, -0.2) is 0 Å². The van der Waals surface area contributed by atoms with Crippen molar-refractivity contribution in [3.8, 4) is 0 Å². The molecule has 0 saturated carbocycles. The summed E-state index contributed by atoms with van der Waals surface area (Å²) in [6.45, 7) is 0.234. The van der Waals surface area contributed by atoms with Gasteiger partial charge in [-0.2, -0.15) is 11.3 Å². The van der Waals surface area contributed by atoms with Crippen molar-refractivity contribution in [1.82, 2.24) is 10.6 Å². The molecule has 0 aliphatic carbocycles. The van der Waals surface area contributed by atoms with Gasteiger partial charge in [0, 0.05) is 36.4 Å². The Morgan fingerprint density at radius 3 is 2.50 bits per heavy atom. The highest BCUT2D eigenvalue weighted by Gasteiger charge is 2.15. The van der Waals surface area contributed by atoms with Crippen LogP contribution in [0.25, 0.3) is 0 Å². The summed E-state index contributed by atoms with van der Waals surface area (Å²) in [6, 6.07) is 11.1. The summed E-state index contributed by atoms with van der Waals surface area (Å²) in [5.74, 6) is -1.30. The van der Waals surface area contributed by atoms with Crippen molar-refractivity contribution in [1.29, 1.82) is 0 Å². The van der Waals surface area contributed by atoms with Gasteiger partial charge in [0.25, 0.3) is 5.91 Å². The number of carboxylic acid groups (broad SMARTS) is 1. The summed E-state index contributed by atoms with van der Waals surface area (Å²) in [5, 5.41) is 18.0. The summed E-state index contributed by atoms with van der Waals surface area (Å²) in [4.78, 5) is 34.8. The van der Waals surface area contributed by atoms with Crippen LogP contribution in [0, 0.1) is 0 Å². The van der Waals surface area contributed by atoms with Crippen LogP contribution >= 0.6 is 11.3 Å². The Kier molecular flexibility index (Phi) is 7.82. The van der Waals surface area contributed by atoms with Gasteiger partial charge in [-0.3, -0.25) is 14.4 Å². The largest absolute Gasteiger partial charge is 0.481 e. The van der Waals surface area contributed by atoms with Crippen LogP contribution in [-0.2, 0) is 16.0 Å². The Hall–Kier alpha value is -2.67. The maximum Gasteiger partial charge on any atom is 0.303 e. The molecule has 1 atom stereocenters. The molecular weight excluding hydrogens is 352 g/mol. The van der Waals surface area contributed by atoms with E-state index in [9.17, 15) is 14.4 Å². The van der Waals surface area contributed by atoms with Crippen molar-refractivity contribution in [2.45, 2.75) is 31.7 Å². The molecule has 0 bridgehead atoms. The number of carbonyl (C=O) groups excluding carboxylic acids is 2. The standard InChI is InChI=1S/C19H22N2O4S/c22-17(8-10-20-19(25)15-9-11-26-13-15)21-16(6-7-18(23)24)12-14-4-2-1-3-5-14/h1-5,9,11,13,16H,6-8,10,12H2,(H,20,25)(H,21,22)(H,23,24). The van der Waals surface area contributed by atoms with E-state index in [0.717, 1.165) is 5.56 Å². The van der Waals surface area contributed by atoms with Crippen LogP contribution < -0.4 is 10.6 Å². The molecule has 0 radical (unpaired) electrons. The molecule has 2 rings (SSSR count). The number of benzene rings is 1. The fraction of sp³-hybridized carbons (Fsp3) is 0.316. The number of amides is 2. The van der Waals surface area contributed by atoms with E-state index in [4.69, 9.17) is 5.11 Å². The lowest BCUT2D eigenvalue weighted by Gasteiger charge is -2.18. The first-order chi connectivity index (χ1) is 12.5. The third kappa shape index (κ3) is 7.06. The van der Waals surface area contributed by atoms with Crippen LogP contribution in [0.5, 0.6) is 0 Å². The smallest absolute Gasteiger partial charge is 0.303 e. The minimum atomic E-state index is -0.889. The molecule has 2 aromatic rings. The topological polar surface area (TPSA) is 95.5 Å². The van der Waals surface area contributed by atoms with Gasteiger partial charge < -0.3 is 15.7 Å². The zero-order chi connectivity index (χ0) is 18.8. The van der Waals surface area contributed by atoms with Gasteiger partial charge in [0.1, 0.15) is 0 Å². The lowest BCUT2D eigenvalue weighted by molar-refractivity contribution is -0.137. The fourth-order valence-corrected chi connectivity index (χ4v) is 3.14. The first-order valence-corrected chi connectivity index (χ1v) is 9.34. The van der Waals surface area contributed by atoms with Gasteiger partial charge in [-0.15, -0.1) is 0 Å². The van der Waals surface area contributed by atoms with Crippen molar-refractivity contribution >= 4 is 29.1 Å². The molecule has 0 aliphatic heterocycles. The highest BCUT2D eigenvalue weighted by atomic mass is 32.1. The van der Waals surface area contributed by atoms with Gasteiger partial charge in [0.05, 0.1) is 0 Å². The van der Waals surface area contributed by atoms with Crippen molar-refractivity contribution in [3.63, 3.8) is 0 Å². The average molecular weight is 374 g/mol. The summed E-state index contributed by atoms with van der Waals surface area (Å²) >= 11 is 1.44. The van der Waals surface area contributed by atoms with Gasteiger partial charge in [0.2, 0.25) is 5.91 Å². The lowest BCUT2D eigenvalue weighted by Crippen LogP contribution is -2.38. The van der Waals surface area contributed by atoms with Crippen LogP contribution in [0.15, 0.2) is 47.2 Å². The predicted molar refractivity (Wildman–Crippen MR) is 100 cm³/mol. The van der Waals surface area contributed by atoms with E-state index >= 15 is 0 Å². The van der Waals surface area contributed by atoms with Crippen molar-refractivity contribution in [2.24, 2.45) is 0 Å². The predicted octanol–water partition coefficient (Wildman–Crippen LogP) is 2.46. The highest BCUT2D eigenvalue weighted by Crippen LogP contribution is 2.08. The minimum Gasteiger partial charge on any atom is -0.481 e. The minimum absolute atomic E-state index is 0.00727. The monoisotopic (exact) mass is 374 g/mol. The van der Waals surface area contributed by atoms with E-state index in [1.54, 1.807) is 11.4 Å². The Labute approximate surface area is 156 Å². The van der Waals surface area contributed by atoms with Crippen LogP contribution in [0.2, 0.25) is 0 Å². The van der Waals surface area contributed by atoms with Gasteiger partial charge >= 0.3 is 5.97 Å². The van der Waals surface area contributed by atoms with E-state index < -0.39 is 5.97 Å². The molecular formula is C19H22N2O4S. The molecule has 7 heteroatoms. The molecule has 0 saturated heterocycles. The second-order valence-corrected chi connectivity index (χ2v) is 6.68. The highest BCUT2D eigenvalue weighted by molar-refractivity contribution is 7.08. The molecule has 1 aromatic carbocycles. The zero-order valence-corrected chi connectivity index (χ0v) is 15.1. The number of nitrogens with one attached hydrogen (secondary N) is 2. The molecule has 26 heavy (non-hydrogen) atoms. The number of aliphatic carboxylic acids is 1. The SMILES string of the molecule is O=C(O)CCC(Cc1ccccc1)NC(=O)CCNC(=O)c1ccsc1. The van der Waals surface area contributed by atoms with Crippen molar-refractivity contribution in [3.05, 3.63) is 58.3 Å². The van der Waals surface area contributed by atoms with E-state index in [0.29, 0.717) is 18.4 Å². The maximum atomic E-state index is 12.1. The van der Waals surface area contributed by atoms with Crippen LogP contribution in [-0.4, -0.2) is 35.5 Å². The van der Waals surface area contributed by atoms with Crippen LogP contribution in [0.3, 0.4) is 0 Å². The first kappa shape index (κ1) is 19.7. The number of carbonyl (C=O) groups is 3. The first-order valence-electron chi connectivity index (χ1n) is 8.40. The van der Waals surface area contributed by atoms with Crippen LogP contribution in [0.4, 0.5) is 0 Å². The molecule has 3 N–H and O–H groups in total. The Bertz CT molecular complexity index is 716. The summed E-state index contributed by atoms with van der Waals surface area (Å²) < 4.78 is 0. The molecule has 1 aromatic heterocycles. The van der Waals surface area contributed by atoms with E-state index in [-0.39, 0.29) is 37.2 Å². The quantitative estimate of drug-likeness (QED) is 0.595. The average Bonchev–Trinajstić information content (AvgIpc) is 3.15. The molecule has 0 fully saturated rings. The van der Waals surface area contributed by atoms with E-state index in [1.807, 2.05) is 35.7 Å². The number of hydrogen-bond donors (Lipinski definition) is 3. The molecule has 138 valence electrons. The second kappa shape index (κ2) is 10.4. The molecule has 2 amide bonds. The Morgan fingerprint density at radius 1 is 1.08 bits per heavy atom. The zero-order valence-electron chi connectivity index (χ0n) is 14.3. The van der Waals surface area contributed by atoms with Crippen LogP contribution in [0.1, 0.15) is 35.2 Å². The summed E-state index contributed by atoms with van der Waals surface area (Å²) in [5.41, 5.74) is 1.62. The van der Waals surface area contributed by atoms with Gasteiger partial charge in [-0.1, -0.05) is 30.3 Å². The maximum absolute atomic E-state index is 12.1. The summed E-state index contributed by atoms with van der Waals surface area (Å²) in [7, 11) is 0. The Balaban J connectivity index is 1.80. The van der Waals surface area contributed by atoms with Gasteiger partial charge in [0.15, 0.2) is 0 Å². The molecule has 1 unspecified atom stereocenters.